The second kappa shape index (κ2) is 4.18. The Morgan fingerprint density at radius 3 is 2.62 bits per heavy atom. The average Bonchev–Trinajstić information content (AvgIpc) is 2.59. The van der Waals surface area contributed by atoms with Crippen LogP contribution in [0.5, 0.6) is 0 Å². The van der Waals surface area contributed by atoms with Crippen molar-refractivity contribution in [2.24, 2.45) is 0 Å². The van der Waals surface area contributed by atoms with Crippen LogP contribution < -0.4 is 0 Å². The van der Waals surface area contributed by atoms with Crippen molar-refractivity contribution < 1.29 is 4.79 Å². The van der Waals surface area contributed by atoms with E-state index in [0.717, 1.165) is 28.1 Å². The molecule has 16 heavy (non-hydrogen) atoms. The molecule has 0 radical (unpaired) electrons. The largest absolute Gasteiger partial charge is 0.297 e. The summed E-state index contributed by atoms with van der Waals surface area (Å²) in [6, 6.07) is 6.19. The number of thiazole rings is 1. The minimum Gasteiger partial charge on any atom is -0.297 e. The van der Waals surface area contributed by atoms with Gasteiger partial charge in [-0.1, -0.05) is 23.8 Å². The molecule has 2 aromatic rings. The lowest BCUT2D eigenvalue weighted by atomic mass is 10.0. The third kappa shape index (κ3) is 1.91. The van der Waals surface area contributed by atoms with Crippen molar-refractivity contribution >= 4 is 17.6 Å². The Morgan fingerprint density at radius 1 is 1.25 bits per heavy atom. The molecular weight excluding hydrogens is 218 g/mol. The topological polar surface area (TPSA) is 30.0 Å². The normalized spacial score (nSPS) is 10.4. The molecule has 0 aliphatic rings. The molecule has 3 heteroatoms. The zero-order valence-corrected chi connectivity index (χ0v) is 10.4. The summed E-state index contributed by atoms with van der Waals surface area (Å²) < 4.78 is 0. The molecule has 2 rings (SSSR count). The second-order valence-corrected chi connectivity index (χ2v) is 5.12. The Kier molecular flexibility index (Phi) is 2.88. The Hall–Kier alpha value is -1.48. The van der Waals surface area contributed by atoms with E-state index in [2.05, 4.69) is 18.0 Å². The summed E-state index contributed by atoms with van der Waals surface area (Å²) >= 11 is 1.44. The number of hydrogen-bond donors (Lipinski definition) is 0. The van der Waals surface area contributed by atoms with Gasteiger partial charge in [0, 0.05) is 5.56 Å². The Balaban J connectivity index is 2.62. The highest BCUT2D eigenvalue weighted by Gasteiger charge is 2.12. The van der Waals surface area contributed by atoms with Gasteiger partial charge >= 0.3 is 0 Å². The maximum Gasteiger partial charge on any atom is 0.162 e. The summed E-state index contributed by atoms with van der Waals surface area (Å²) in [5.41, 5.74) is 4.25. The quantitative estimate of drug-likeness (QED) is 0.740. The lowest BCUT2D eigenvalue weighted by Crippen LogP contribution is -1.88. The van der Waals surface area contributed by atoms with Gasteiger partial charge in [0.1, 0.15) is 0 Å². The van der Waals surface area contributed by atoms with Gasteiger partial charge in [-0.2, -0.15) is 0 Å². The monoisotopic (exact) mass is 231 g/mol. The lowest BCUT2D eigenvalue weighted by molar-refractivity contribution is 0.112. The summed E-state index contributed by atoms with van der Waals surface area (Å²) in [4.78, 5) is 16.1. The Labute approximate surface area is 99.0 Å². The number of carbonyl (C=O) groups excluding carboxylic acids is 1. The van der Waals surface area contributed by atoms with Crippen molar-refractivity contribution in [1.82, 2.24) is 4.98 Å². The van der Waals surface area contributed by atoms with Crippen molar-refractivity contribution in [2.45, 2.75) is 20.8 Å². The number of nitrogens with zero attached hydrogens (tertiary/aromatic N) is 1. The molecule has 0 aliphatic heterocycles. The van der Waals surface area contributed by atoms with Crippen LogP contribution in [0.3, 0.4) is 0 Å². The highest BCUT2D eigenvalue weighted by atomic mass is 32.1. The zero-order chi connectivity index (χ0) is 11.7. The Bertz CT molecular complexity index is 543. The van der Waals surface area contributed by atoms with Crippen molar-refractivity contribution in [3.05, 3.63) is 39.2 Å². The van der Waals surface area contributed by atoms with Gasteiger partial charge in [-0.3, -0.25) is 4.79 Å². The van der Waals surface area contributed by atoms with Gasteiger partial charge < -0.3 is 0 Å². The smallest absolute Gasteiger partial charge is 0.162 e. The van der Waals surface area contributed by atoms with Crippen LogP contribution >= 0.6 is 11.3 Å². The van der Waals surface area contributed by atoms with Gasteiger partial charge in [-0.15, -0.1) is 11.3 Å². The number of aromatic nitrogens is 1. The highest BCUT2D eigenvalue weighted by Crippen LogP contribution is 2.29. The Morgan fingerprint density at radius 2 is 2.00 bits per heavy atom. The van der Waals surface area contributed by atoms with Gasteiger partial charge in [0.05, 0.1) is 15.6 Å². The summed E-state index contributed by atoms with van der Waals surface area (Å²) in [7, 11) is 0. The molecule has 1 aromatic carbocycles. The van der Waals surface area contributed by atoms with Crippen LogP contribution in [0, 0.1) is 20.8 Å². The molecule has 0 saturated carbocycles. The summed E-state index contributed by atoms with van der Waals surface area (Å²) in [5, 5.41) is 0.928. The molecule has 1 heterocycles. The fourth-order valence-electron chi connectivity index (χ4n) is 1.79. The molecule has 0 unspecified atom stereocenters. The zero-order valence-electron chi connectivity index (χ0n) is 9.57. The van der Waals surface area contributed by atoms with E-state index in [4.69, 9.17) is 0 Å². The van der Waals surface area contributed by atoms with E-state index in [1.54, 1.807) is 0 Å². The summed E-state index contributed by atoms with van der Waals surface area (Å²) in [6.45, 7) is 6.03. The van der Waals surface area contributed by atoms with E-state index in [1.165, 1.54) is 16.9 Å². The van der Waals surface area contributed by atoms with Crippen molar-refractivity contribution in [3.63, 3.8) is 0 Å². The minimum absolute atomic E-state index is 0.712. The molecular formula is C13H13NOS. The number of carbonyl (C=O) groups is 1. The van der Waals surface area contributed by atoms with Gasteiger partial charge in [0.15, 0.2) is 6.29 Å². The average molecular weight is 231 g/mol. The number of aryl methyl sites for hydroxylation is 3. The minimum atomic E-state index is 0.712. The predicted molar refractivity (Wildman–Crippen MR) is 67.1 cm³/mol. The predicted octanol–water partition coefficient (Wildman–Crippen LogP) is 3.55. The van der Waals surface area contributed by atoms with Crippen LogP contribution in [0.4, 0.5) is 0 Å². The maximum atomic E-state index is 11.0. The van der Waals surface area contributed by atoms with Gasteiger partial charge in [0.25, 0.3) is 0 Å². The SMILES string of the molecule is Cc1ccc(-c2nc(C)sc2C=O)c(C)c1. The summed E-state index contributed by atoms with van der Waals surface area (Å²) in [5.74, 6) is 0. The van der Waals surface area contributed by atoms with E-state index >= 15 is 0 Å². The molecule has 0 bridgehead atoms. The van der Waals surface area contributed by atoms with Crippen LogP contribution in [0.2, 0.25) is 0 Å². The molecule has 0 atom stereocenters. The maximum absolute atomic E-state index is 11.0. The number of hydrogen-bond acceptors (Lipinski definition) is 3. The van der Waals surface area contributed by atoms with Gasteiger partial charge in [-0.05, 0) is 26.3 Å². The highest BCUT2D eigenvalue weighted by molar-refractivity contribution is 7.13. The van der Waals surface area contributed by atoms with Crippen LogP contribution in [-0.4, -0.2) is 11.3 Å². The first-order valence-electron chi connectivity index (χ1n) is 5.12. The standard InChI is InChI=1S/C13H13NOS/c1-8-4-5-11(9(2)6-8)13-12(7-15)16-10(3)14-13/h4-7H,1-3H3. The first-order valence-corrected chi connectivity index (χ1v) is 5.93. The van der Waals surface area contributed by atoms with Crippen LogP contribution in [0.25, 0.3) is 11.3 Å². The van der Waals surface area contributed by atoms with Crippen molar-refractivity contribution in [1.29, 1.82) is 0 Å². The molecule has 0 fully saturated rings. The first-order chi connectivity index (χ1) is 7.61. The molecule has 0 amide bonds. The summed E-state index contributed by atoms with van der Waals surface area (Å²) in [6.07, 6.45) is 0.888. The number of rotatable bonds is 2. The van der Waals surface area contributed by atoms with Gasteiger partial charge in [-0.25, -0.2) is 4.98 Å². The third-order valence-corrected chi connectivity index (χ3v) is 3.40. The van der Waals surface area contributed by atoms with E-state index in [0.29, 0.717) is 4.88 Å². The molecule has 2 nitrogen and oxygen atoms in total. The van der Waals surface area contributed by atoms with E-state index in [-0.39, 0.29) is 0 Å². The molecule has 1 aromatic heterocycles. The lowest BCUT2D eigenvalue weighted by Gasteiger charge is -2.04. The van der Waals surface area contributed by atoms with Gasteiger partial charge in [0.2, 0.25) is 0 Å². The molecule has 0 saturated heterocycles. The van der Waals surface area contributed by atoms with Crippen molar-refractivity contribution in [3.8, 4) is 11.3 Å². The van der Waals surface area contributed by atoms with Crippen LogP contribution in [0.15, 0.2) is 18.2 Å². The fourth-order valence-corrected chi connectivity index (χ4v) is 2.55. The number of benzene rings is 1. The third-order valence-electron chi connectivity index (χ3n) is 2.50. The molecule has 0 spiro atoms. The second-order valence-electron chi connectivity index (χ2n) is 3.88. The fraction of sp³-hybridized carbons (Fsp3) is 0.231. The van der Waals surface area contributed by atoms with Crippen molar-refractivity contribution in [2.75, 3.05) is 0 Å². The molecule has 82 valence electrons. The molecule has 0 N–H and O–H groups in total. The number of aldehydes is 1. The van der Waals surface area contributed by atoms with E-state index in [1.807, 2.05) is 26.0 Å². The molecule has 0 aliphatic carbocycles. The first kappa shape index (κ1) is 11.0. The van der Waals surface area contributed by atoms with Crippen LogP contribution in [0.1, 0.15) is 25.8 Å². The van der Waals surface area contributed by atoms with E-state index < -0.39 is 0 Å². The van der Waals surface area contributed by atoms with E-state index in [9.17, 15) is 4.79 Å². The van der Waals surface area contributed by atoms with Crippen LogP contribution in [-0.2, 0) is 0 Å².